The second-order valence-electron chi connectivity index (χ2n) is 8.44. The topological polar surface area (TPSA) is 78.5 Å². The number of hydrogen-bond donors (Lipinski definition) is 2. The fraction of sp³-hybridized carbons (Fsp3) is 0.458. The molecule has 31 heavy (non-hydrogen) atoms. The van der Waals surface area contributed by atoms with Crippen LogP contribution in [0.3, 0.4) is 0 Å². The minimum Gasteiger partial charge on any atom is -0.371 e. The molecule has 0 unspecified atom stereocenters. The zero-order valence-electron chi connectivity index (χ0n) is 18.6. The summed E-state index contributed by atoms with van der Waals surface area (Å²) in [6, 6.07) is 14.4. The number of benzene rings is 2. The molecule has 0 radical (unpaired) electrons. The van der Waals surface area contributed by atoms with E-state index < -0.39 is 10.0 Å². The molecule has 6 nitrogen and oxygen atoms in total. The highest BCUT2D eigenvalue weighted by Crippen LogP contribution is 2.25. The maximum absolute atomic E-state index is 12.7. The van der Waals surface area contributed by atoms with Crippen molar-refractivity contribution >= 4 is 21.6 Å². The van der Waals surface area contributed by atoms with E-state index in [4.69, 9.17) is 0 Å². The van der Waals surface area contributed by atoms with Crippen LogP contribution in [0.4, 0.5) is 5.69 Å². The summed E-state index contributed by atoms with van der Waals surface area (Å²) in [7, 11) is -3.53. The average Bonchev–Trinajstić information content (AvgIpc) is 2.77. The van der Waals surface area contributed by atoms with Gasteiger partial charge < -0.3 is 10.2 Å². The molecule has 2 aromatic carbocycles. The summed E-state index contributed by atoms with van der Waals surface area (Å²) in [4.78, 5) is 15.2. The molecule has 1 amide bonds. The van der Waals surface area contributed by atoms with Crippen molar-refractivity contribution in [2.45, 2.75) is 51.0 Å². The Balaban J connectivity index is 1.62. The van der Waals surface area contributed by atoms with E-state index in [0.717, 1.165) is 17.7 Å². The molecule has 0 bridgehead atoms. The predicted molar refractivity (Wildman–Crippen MR) is 125 cm³/mol. The van der Waals surface area contributed by atoms with Gasteiger partial charge in [-0.05, 0) is 49.9 Å². The van der Waals surface area contributed by atoms with Gasteiger partial charge in [0.05, 0.1) is 10.5 Å². The minimum absolute atomic E-state index is 0.0573. The van der Waals surface area contributed by atoms with Gasteiger partial charge in [0, 0.05) is 31.4 Å². The van der Waals surface area contributed by atoms with Gasteiger partial charge in [-0.1, -0.05) is 50.1 Å². The van der Waals surface area contributed by atoms with Crippen molar-refractivity contribution in [2.75, 3.05) is 24.5 Å². The number of carbonyl (C=O) groups is 1. The van der Waals surface area contributed by atoms with Gasteiger partial charge in [0.1, 0.15) is 0 Å². The van der Waals surface area contributed by atoms with E-state index in [0.29, 0.717) is 48.9 Å². The zero-order valence-corrected chi connectivity index (χ0v) is 19.4. The first-order valence-corrected chi connectivity index (χ1v) is 12.5. The average molecular weight is 444 g/mol. The first-order valence-electron chi connectivity index (χ1n) is 11.0. The van der Waals surface area contributed by atoms with Crippen LogP contribution in [0, 0.1) is 12.8 Å². The molecule has 0 aromatic heterocycles. The summed E-state index contributed by atoms with van der Waals surface area (Å²) in [6.07, 6.45) is 2.40. The predicted octanol–water partition coefficient (Wildman–Crippen LogP) is 3.72. The second kappa shape index (κ2) is 10.3. The van der Waals surface area contributed by atoms with Crippen molar-refractivity contribution in [3.8, 4) is 0 Å². The number of piperidine rings is 1. The Morgan fingerprint density at radius 3 is 2.39 bits per heavy atom. The van der Waals surface area contributed by atoms with E-state index >= 15 is 0 Å². The molecule has 168 valence electrons. The summed E-state index contributed by atoms with van der Waals surface area (Å²) >= 11 is 0. The molecule has 1 heterocycles. The van der Waals surface area contributed by atoms with Crippen molar-refractivity contribution in [1.82, 2.24) is 10.0 Å². The van der Waals surface area contributed by atoms with Crippen LogP contribution in [0.15, 0.2) is 53.4 Å². The van der Waals surface area contributed by atoms with Crippen molar-refractivity contribution in [3.63, 3.8) is 0 Å². The van der Waals surface area contributed by atoms with Gasteiger partial charge >= 0.3 is 0 Å². The lowest BCUT2D eigenvalue weighted by molar-refractivity contribution is 0.0948. The smallest absolute Gasteiger partial charge is 0.253 e. The van der Waals surface area contributed by atoms with Gasteiger partial charge in [-0.15, -0.1) is 0 Å². The number of amides is 1. The number of aryl methyl sites for hydroxylation is 1. The normalized spacial score (nSPS) is 16.2. The van der Waals surface area contributed by atoms with Crippen LogP contribution >= 0.6 is 0 Å². The number of para-hydroxylation sites is 1. The van der Waals surface area contributed by atoms with Crippen molar-refractivity contribution < 1.29 is 13.2 Å². The monoisotopic (exact) mass is 443 g/mol. The van der Waals surface area contributed by atoms with E-state index in [2.05, 4.69) is 28.8 Å². The number of sulfonamides is 1. The summed E-state index contributed by atoms with van der Waals surface area (Å²) in [5.41, 5.74) is 2.60. The number of nitrogens with one attached hydrogen (secondary N) is 2. The molecule has 2 N–H and O–H groups in total. The Morgan fingerprint density at radius 2 is 1.74 bits per heavy atom. The number of anilines is 1. The maximum atomic E-state index is 12.7. The number of rotatable bonds is 8. The Labute approximate surface area is 186 Å². The molecule has 2 aromatic rings. The molecule has 1 saturated heterocycles. The van der Waals surface area contributed by atoms with Crippen LogP contribution in [0.2, 0.25) is 0 Å². The Kier molecular flexibility index (Phi) is 7.73. The van der Waals surface area contributed by atoms with Crippen molar-refractivity contribution in [2.24, 2.45) is 5.92 Å². The Bertz CT molecular complexity index is 981. The molecule has 0 spiro atoms. The zero-order chi connectivity index (χ0) is 22.4. The fourth-order valence-electron chi connectivity index (χ4n) is 3.69. The van der Waals surface area contributed by atoms with Crippen LogP contribution in [-0.2, 0) is 10.0 Å². The van der Waals surface area contributed by atoms with Crippen LogP contribution in [0.25, 0.3) is 0 Å². The molecule has 3 rings (SSSR count). The summed E-state index contributed by atoms with van der Waals surface area (Å²) in [5.74, 6) is 0.381. The fourth-order valence-corrected chi connectivity index (χ4v) is 5.00. The third kappa shape index (κ3) is 6.08. The highest BCUT2D eigenvalue weighted by molar-refractivity contribution is 7.89. The first kappa shape index (κ1) is 23.3. The van der Waals surface area contributed by atoms with Crippen LogP contribution in [-0.4, -0.2) is 40.0 Å². The molecular formula is C24H33N3O3S. The largest absolute Gasteiger partial charge is 0.371 e. The minimum atomic E-state index is -3.53. The molecule has 1 fully saturated rings. The molecular weight excluding hydrogens is 410 g/mol. The number of nitrogens with zero attached hydrogens (tertiary/aromatic N) is 1. The lowest BCUT2D eigenvalue weighted by Crippen LogP contribution is -2.45. The van der Waals surface area contributed by atoms with Gasteiger partial charge in [0.2, 0.25) is 10.0 Å². The quantitative estimate of drug-likeness (QED) is 0.652. The highest BCUT2D eigenvalue weighted by atomic mass is 32.2. The van der Waals surface area contributed by atoms with Crippen LogP contribution in [0.5, 0.6) is 0 Å². The van der Waals surface area contributed by atoms with E-state index in [9.17, 15) is 13.2 Å². The lowest BCUT2D eigenvalue weighted by Gasteiger charge is -2.34. The van der Waals surface area contributed by atoms with Gasteiger partial charge in [-0.2, -0.15) is 0 Å². The summed E-state index contributed by atoms with van der Waals surface area (Å²) in [5, 5.41) is 3.03. The third-order valence-electron chi connectivity index (χ3n) is 5.95. The standard InChI is InChI=1S/C24H33N3O3S/c1-4-18(2)17-25-24(28)22-7-5-6-8-23(22)27-15-13-20(14-16-27)26-31(29,30)21-11-9-19(3)10-12-21/h5-12,18,20,26H,4,13-17H2,1-3H3,(H,25,28)/t18-/m0/s1. The SMILES string of the molecule is CC[C@H](C)CNC(=O)c1ccccc1N1CCC(NS(=O)(=O)c2ccc(C)cc2)CC1. The van der Waals surface area contributed by atoms with E-state index in [1.165, 1.54) is 0 Å². The van der Waals surface area contributed by atoms with Crippen LogP contribution in [0.1, 0.15) is 49.0 Å². The summed E-state index contributed by atoms with van der Waals surface area (Å²) < 4.78 is 28.2. The van der Waals surface area contributed by atoms with Gasteiger partial charge in [0.15, 0.2) is 0 Å². The lowest BCUT2D eigenvalue weighted by atomic mass is 10.0. The van der Waals surface area contributed by atoms with Gasteiger partial charge in [-0.3, -0.25) is 4.79 Å². The van der Waals surface area contributed by atoms with Crippen molar-refractivity contribution in [3.05, 3.63) is 59.7 Å². The summed E-state index contributed by atoms with van der Waals surface area (Å²) in [6.45, 7) is 8.21. The molecule has 0 aliphatic carbocycles. The second-order valence-corrected chi connectivity index (χ2v) is 10.2. The van der Waals surface area contributed by atoms with Crippen molar-refractivity contribution in [1.29, 1.82) is 0 Å². The van der Waals surface area contributed by atoms with Gasteiger partial charge in [0.25, 0.3) is 5.91 Å². The molecule has 1 aliphatic rings. The maximum Gasteiger partial charge on any atom is 0.253 e. The number of carbonyl (C=O) groups excluding carboxylic acids is 1. The molecule has 7 heteroatoms. The molecule has 0 saturated carbocycles. The van der Waals surface area contributed by atoms with E-state index in [-0.39, 0.29) is 11.9 Å². The van der Waals surface area contributed by atoms with Gasteiger partial charge in [-0.25, -0.2) is 13.1 Å². The first-order chi connectivity index (χ1) is 14.8. The van der Waals surface area contributed by atoms with E-state index in [1.54, 1.807) is 24.3 Å². The molecule has 1 aliphatic heterocycles. The highest BCUT2D eigenvalue weighted by Gasteiger charge is 2.26. The number of hydrogen-bond acceptors (Lipinski definition) is 4. The van der Waals surface area contributed by atoms with E-state index in [1.807, 2.05) is 31.2 Å². The third-order valence-corrected chi connectivity index (χ3v) is 7.48. The Hall–Kier alpha value is -2.38. The Morgan fingerprint density at radius 1 is 1.10 bits per heavy atom. The van der Waals surface area contributed by atoms with Crippen LogP contribution < -0.4 is 14.9 Å². The molecule has 1 atom stereocenters.